The lowest BCUT2D eigenvalue weighted by molar-refractivity contribution is -0.156. The number of nitrogens with zero attached hydrogens (tertiary/aromatic N) is 4. The maximum atomic E-state index is 13.4. The van der Waals surface area contributed by atoms with E-state index < -0.39 is 0 Å². The van der Waals surface area contributed by atoms with E-state index in [-0.39, 0.29) is 17.4 Å². The van der Waals surface area contributed by atoms with Crippen LogP contribution in [0.2, 0.25) is 0 Å². The number of hydrogen-bond donors (Lipinski definition) is 2. The summed E-state index contributed by atoms with van der Waals surface area (Å²) in [5.74, 6) is 3.12. The largest absolute Gasteiger partial charge is 0.369 e. The topological polar surface area (TPSA) is 88.5 Å². The summed E-state index contributed by atoms with van der Waals surface area (Å²) >= 11 is 0. The molecule has 4 aliphatic rings. The average Bonchev–Trinajstić information content (AvgIpc) is 2.93. The summed E-state index contributed by atoms with van der Waals surface area (Å²) in [5, 5.41) is 4.25. The molecule has 4 fully saturated rings. The molecule has 0 amide bonds. The molecule has 3 saturated carbocycles. The van der Waals surface area contributed by atoms with Gasteiger partial charge in [0.15, 0.2) is 5.96 Å². The van der Waals surface area contributed by atoms with Gasteiger partial charge < -0.3 is 16.0 Å². The predicted molar refractivity (Wildman–Crippen MR) is 163 cm³/mol. The Bertz CT molecular complexity index is 1510. The van der Waals surface area contributed by atoms with Gasteiger partial charge in [-0.05, 0) is 98.1 Å². The van der Waals surface area contributed by atoms with Crippen LogP contribution < -0.4 is 16.6 Å². The number of benzene rings is 2. The molecule has 2 heterocycles. The Morgan fingerprint density at radius 2 is 1.93 bits per heavy atom. The van der Waals surface area contributed by atoms with E-state index in [1.54, 1.807) is 29.1 Å². The minimum absolute atomic E-state index is 0.100. The Balaban J connectivity index is 1.25. The number of aliphatic imine (C=N–C) groups is 1. The molecule has 0 spiro atoms. The van der Waals surface area contributed by atoms with E-state index in [1.807, 2.05) is 19.1 Å². The van der Waals surface area contributed by atoms with Crippen molar-refractivity contribution in [2.24, 2.45) is 39.8 Å². The Labute approximate surface area is 242 Å². The van der Waals surface area contributed by atoms with Gasteiger partial charge in [-0.15, -0.1) is 0 Å². The summed E-state index contributed by atoms with van der Waals surface area (Å²) in [6.45, 7) is 13.3. The fourth-order valence-corrected chi connectivity index (χ4v) is 8.41. The molecule has 7 atom stereocenters. The van der Waals surface area contributed by atoms with Crippen molar-refractivity contribution in [2.75, 3.05) is 13.1 Å². The van der Waals surface area contributed by atoms with Crippen LogP contribution in [0.3, 0.4) is 0 Å². The van der Waals surface area contributed by atoms with Crippen molar-refractivity contribution in [3.8, 4) is 0 Å². The summed E-state index contributed by atoms with van der Waals surface area (Å²) in [4.78, 5) is 25.2. The van der Waals surface area contributed by atoms with Gasteiger partial charge in [-0.25, -0.2) is 14.4 Å². The Morgan fingerprint density at radius 1 is 1.17 bits per heavy atom. The van der Waals surface area contributed by atoms with E-state index >= 15 is 0 Å². The molecule has 1 aromatic heterocycles. The van der Waals surface area contributed by atoms with Gasteiger partial charge in [-0.2, -0.15) is 0 Å². The first kappa shape index (κ1) is 27.9. The first-order valence-corrected chi connectivity index (χ1v) is 15.1. The molecule has 7 rings (SSSR count). The lowest BCUT2D eigenvalue weighted by Crippen LogP contribution is -2.68. The lowest BCUT2D eigenvalue weighted by Gasteiger charge is -2.65. The van der Waals surface area contributed by atoms with Crippen molar-refractivity contribution < 1.29 is 4.39 Å². The molecule has 41 heavy (non-hydrogen) atoms. The van der Waals surface area contributed by atoms with Gasteiger partial charge in [0.2, 0.25) is 0 Å². The fourth-order valence-electron chi connectivity index (χ4n) is 8.41. The van der Waals surface area contributed by atoms with E-state index in [0.29, 0.717) is 58.3 Å². The molecule has 3 aromatic rings. The Hall–Kier alpha value is -3.26. The van der Waals surface area contributed by atoms with Gasteiger partial charge in [0.25, 0.3) is 5.56 Å². The highest BCUT2D eigenvalue weighted by atomic mass is 19.1. The lowest BCUT2D eigenvalue weighted by atomic mass is 9.41. The van der Waals surface area contributed by atoms with Crippen LogP contribution in [0.15, 0.2) is 58.6 Å². The molecule has 3 aliphatic carbocycles. The zero-order valence-electron chi connectivity index (χ0n) is 24.8. The summed E-state index contributed by atoms with van der Waals surface area (Å²) < 4.78 is 14.9. The van der Waals surface area contributed by atoms with Crippen molar-refractivity contribution in [3.05, 3.63) is 70.5 Å². The number of hydrogen-bond acceptors (Lipinski definition) is 4. The molecule has 1 aliphatic heterocycles. The number of nitrogens with two attached hydrogens (primary N) is 1. The normalized spacial score (nSPS) is 30.2. The zero-order chi connectivity index (χ0) is 29.1. The van der Waals surface area contributed by atoms with Crippen LogP contribution >= 0.6 is 0 Å². The van der Waals surface area contributed by atoms with Crippen LogP contribution in [0.4, 0.5) is 10.1 Å². The smallest absolute Gasteiger partial charge is 0.261 e. The third-order valence-electron chi connectivity index (χ3n) is 10.6. The van der Waals surface area contributed by atoms with Crippen molar-refractivity contribution >= 4 is 22.5 Å². The second-order valence-electron chi connectivity index (χ2n) is 13.4. The van der Waals surface area contributed by atoms with Gasteiger partial charge in [-0.3, -0.25) is 9.36 Å². The number of nitrogens with one attached hydrogen (secondary N) is 1. The number of aromatic nitrogens is 2. The summed E-state index contributed by atoms with van der Waals surface area (Å²) in [6, 6.07) is 12.4. The molecule has 8 heteroatoms. The second kappa shape index (κ2) is 10.5. The minimum Gasteiger partial charge on any atom is -0.369 e. The number of rotatable bonds is 5. The third-order valence-corrected chi connectivity index (χ3v) is 10.6. The van der Waals surface area contributed by atoms with Crippen molar-refractivity contribution in [2.45, 2.75) is 72.0 Å². The zero-order valence-corrected chi connectivity index (χ0v) is 24.8. The number of guanidine groups is 1. The summed E-state index contributed by atoms with van der Waals surface area (Å²) in [7, 11) is 0. The summed E-state index contributed by atoms with van der Waals surface area (Å²) in [6.07, 6.45) is 4.77. The maximum Gasteiger partial charge on any atom is 0.261 e. The molecule has 7 nitrogen and oxygen atoms in total. The number of piperazine rings is 1. The fraction of sp³-hybridized carbons (Fsp3) is 0.545. The van der Waals surface area contributed by atoms with E-state index in [1.165, 1.54) is 25.0 Å². The second-order valence-corrected chi connectivity index (χ2v) is 13.4. The standard InChI is InChI=1S/C33H43FN6O/c1-19-14-26(28-17-27(19)33(28,4)5)30-21(3)36-12-13-39(30)32(35)38-24-10-11-25-29(16-24)37-18-40(31(25)41)20(2)15-22-6-8-23(34)9-7-22/h6-11,16,18-21,26-28,30,36H,12-15,17H2,1-5H3,(H2,35,38)/t19-,20-,21+,26?,27+,28-,30?/m1/s1. The van der Waals surface area contributed by atoms with Crippen LogP contribution in [0, 0.1) is 34.9 Å². The third kappa shape index (κ3) is 4.94. The van der Waals surface area contributed by atoms with Crippen molar-refractivity contribution in [3.63, 3.8) is 0 Å². The predicted octanol–water partition coefficient (Wildman–Crippen LogP) is 5.27. The van der Waals surface area contributed by atoms with E-state index in [4.69, 9.17) is 10.7 Å². The summed E-state index contributed by atoms with van der Waals surface area (Å²) in [5.41, 5.74) is 9.31. The highest BCUT2D eigenvalue weighted by Gasteiger charge is 2.59. The molecular formula is C33H43FN6O. The Kier molecular flexibility index (Phi) is 7.17. The van der Waals surface area contributed by atoms with Crippen LogP contribution in [0.5, 0.6) is 0 Å². The molecule has 1 saturated heterocycles. The molecular weight excluding hydrogens is 515 g/mol. The molecule has 2 bridgehead atoms. The SMILES string of the molecule is C[C@@H]1NCCN(C(N)=Nc2ccc3c(=O)n([C@H](C)Cc4ccc(F)cc4)cnc3c2)C1C1C[C@@H](C)[C@@H]2C[C@H]1C2(C)C. The Morgan fingerprint density at radius 3 is 2.63 bits per heavy atom. The van der Waals surface area contributed by atoms with Gasteiger partial charge in [0, 0.05) is 31.2 Å². The first-order chi connectivity index (χ1) is 19.5. The van der Waals surface area contributed by atoms with Gasteiger partial charge in [0.05, 0.1) is 22.9 Å². The van der Waals surface area contributed by atoms with E-state index in [9.17, 15) is 9.18 Å². The maximum absolute atomic E-state index is 13.4. The van der Waals surface area contributed by atoms with E-state index in [0.717, 1.165) is 30.5 Å². The number of halogens is 1. The highest BCUT2D eigenvalue weighted by molar-refractivity contribution is 5.85. The van der Waals surface area contributed by atoms with Gasteiger partial charge >= 0.3 is 0 Å². The highest BCUT2D eigenvalue weighted by Crippen LogP contribution is 2.64. The quantitative estimate of drug-likeness (QED) is 0.329. The first-order valence-electron chi connectivity index (χ1n) is 15.1. The molecule has 218 valence electrons. The van der Waals surface area contributed by atoms with Gasteiger partial charge in [0.1, 0.15) is 5.82 Å². The number of fused-ring (bicyclic) bond motifs is 3. The van der Waals surface area contributed by atoms with E-state index in [2.05, 4.69) is 42.9 Å². The molecule has 3 N–H and O–H groups in total. The molecule has 2 unspecified atom stereocenters. The monoisotopic (exact) mass is 558 g/mol. The van der Waals surface area contributed by atoms with Crippen LogP contribution in [-0.4, -0.2) is 45.6 Å². The van der Waals surface area contributed by atoms with Gasteiger partial charge in [-0.1, -0.05) is 32.9 Å². The van der Waals surface area contributed by atoms with Crippen LogP contribution in [0.25, 0.3) is 10.9 Å². The van der Waals surface area contributed by atoms with Crippen LogP contribution in [-0.2, 0) is 6.42 Å². The average molecular weight is 559 g/mol. The van der Waals surface area contributed by atoms with Crippen molar-refractivity contribution in [1.29, 1.82) is 0 Å². The van der Waals surface area contributed by atoms with Crippen molar-refractivity contribution in [1.82, 2.24) is 19.8 Å². The van der Waals surface area contributed by atoms with Crippen LogP contribution in [0.1, 0.15) is 59.1 Å². The molecule has 0 radical (unpaired) electrons. The molecule has 2 aromatic carbocycles. The minimum atomic E-state index is -0.268.